The zero-order valence-electron chi connectivity index (χ0n) is 14.6. The minimum absolute atomic E-state index is 0.183. The highest BCUT2D eigenvalue weighted by atomic mass is 16.5. The lowest BCUT2D eigenvalue weighted by Crippen LogP contribution is -2.63. The highest BCUT2D eigenvalue weighted by molar-refractivity contribution is 5.87. The van der Waals surface area contributed by atoms with Crippen molar-refractivity contribution in [1.29, 1.82) is 0 Å². The second-order valence-corrected chi connectivity index (χ2v) is 7.41. The van der Waals surface area contributed by atoms with E-state index in [9.17, 15) is 4.79 Å². The lowest BCUT2D eigenvalue weighted by atomic mass is 9.78. The predicted octanol–water partition coefficient (Wildman–Crippen LogP) is 3.03. The lowest BCUT2D eigenvalue weighted by Gasteiger charge is -2.47. The van der Waals surface area contributed by atoms with Crippen LogP contribution >= 0.6 is 0 Å². The summed E-state index contributed by atoms with van der Waals surface area (Å²) < 4.78 is 5.51. The summed E-state index contributed by atoms with van der Waals surface area (Å²) in [6.45, 7) is 5.46. The number of hydrogen-bond acceptors (Lipinski definition) is 3. The normalized spacial score (nSPS) is 27.1. The van der Waals surface area contributed by atoms with E-state index >= 15 is 0 Å². The molecule has 0 spiro atoms. The summed E-state index contributed by atoms with van der Waals surface area (Å²) in [6, 6.07) is 0.183. The van der Waals surface area contributed by atoms with Crippen molar-refractivity contribution >= 4 is 5.91 Å². The van der Waals surface area contributed by atoms with Gasteiger partial charge in [-0.2, -0.15) is 0 Å². The number of carbonyl (C=O) groups is 1. The molecule has 0 aromatic heterocycles. The Hall–Kier alpha value is -0.870. The van der Waals surface area contributed by atoms with E-state index in [4.69, 9.17) is 4.74 Å². The molecule has 1 saturated heterocycles. The van der Waals surface area contributed by atoms with Crippen molar-refractivity contribution in [3.63, 3.8) is 0 Å². The van der Waals surface area contributed by atoms with Gasteiger partial charge in [0, 0.05) is 19.1 Å². The van der Waals surface area contributed by atoms with Gasteiger partial charge >= 0.3 is 0 Å². The molecule has 4 heteroatoms. The third-order valence-corrected chi connectivity index (χ3v) is 5.95. The maximum absolute atomic E-state index is 13.3. The Kier molecular flexibility index (Phi) is 5.76. The monoisotopic (exact) mass is 320 g/mol. The summed E-state index contributed by atoms with van der Waals surface area (Å²) >= 11 is 0. The summed E-state index contributed by atoms with van der Waals surface area (Å²) in [5.74, 6) is 0.262. The van der Waals surface area contributed by atoms with Gasteiger partial charge in [0.25, 0.3) is 0 Å². The minimum Gasteiger partial charge on any atom is -0.379 e. The molecule has 1 heterocycles. The average Bonchev–Trinajstić information content (AvgIpc) is 2.63. The fourth-order valence-electron chi connectivity index (χ4n) is 4.49. The van der Waals surface area contributed by atoms with E-state index in [1.54, 1.807) is 0 Å². The molecule has 4 nitrogen and oxygen atoms in total. The number of hydrogen-bond donors (Lipinski definition) is 1. The van der Waals surface area contributed by atoms with Crippen LogP contribution < -0.4 is 5.32 Å². The van der Waals surface area contributed by atoms with Crippen molar-refractivity contribution in [2.24, 2.45) is 0 Å². The van der Waals surface area contributed by atoms with Gasteiger partial charge in [-0.25, -0.2) is 0 Å². The first kappa shape index (κ1) is 17.0. The number of allylic oxidation sites excluding steroid dienone is 1. The molecule has 1 saturated carbocycles. The number of amides is 1. The van der Waals surface area contributed by atoms with Crippen LogP contribution in [-0.2, 0) is 9.53 Å². The maximum atomic E-state index is 13.3. The summed E-state index contributed by atoms with van der Waals surface area (Å²) in [7, 11) is 0. The van der Waals surface area contributed by atoms with Crippen LogP contribution in [0.4, 0.5) is 0 Å². The number of ether oxygens (including phenoxy) is 1. The lowest BCUT2D eigenvalue weighted by molar-refractivity contribution is -0.140. The van der Waals surface area contributed by atoms with Gasteiger partial charge in [-0.05, 0) is 45.4 Å². The number of rotatable bonds is 4. The summed E-state index contributed by atoms with van der Waals surface area (Å²) in [6.07, 6.45) is 12.8. The van der Waals surface area contributed by atoms with Gasteiger partial charge in [0.2, 0.25) is 5.91 Å². The third kappa shape index (κ3) is 3.80. The quantitative estimate of drug-likeness (QED) is 0.810. The SMILES string of the molecule is C[C@H](NC(=O)C1(N2CCOCC2)CCCCC1)C1=CCCCC1. The van der Waals surface area contributed by atoms with E-state index in [2.05, 4.69) is 23.2 Å². The molecular weight excluding hydrogens is 288 g/mol. The van der Waals surface area contributed by atoms with Gasteiger partial charge in [0.05, 0.1) is 13.2 Å². The zero-order chi connectivity index (χ0) is 16.1. The molecule has 3 rings (SSSR count). The van der Waals surface area contributed by atoms with E-state index in [1.807, 2.05) is 0 Å². The first-order chi connectivity index (χ1) is 11.2. The molecule has 0 bridgehead atoms. The van der Waals surface area contributed by atoms with Gasteiger partial charge in [-0.15, -0.1) is 0 Å². The zero-order valence-corrected chi connectivity index (χ0v) is 14.6. The molecule has 1 aliphatic heterocycles. The Morgan fingerprint density at radius 1 is 1.17 bits per heavy atom. The summed E-state index contributed by atoms with van der Waals surface area (Å²) in [4.78, 5) is 15.7. The molecule has 23 heavy (non-hydrogen) atoms. The average molecular weight is 320 g/mol. The van der Waals surface area contributed by atoms with E-state index in [0.717, 1.165) is 45.6 Å². The Morgan fingerprint density at radius 3 is 2.57 bits per heavy atom. The predicted molar refractivity (Wildman–Crippen MR) is 92.4 cm³/mol. The molecule has 130 valence electrons. The largest absolute Gasteiger partial charge is 0.379 e. The van der Waals surface area contributed by atoms with Crippen LogP contribution in [0.3, 0.4) is 0 Å². The minimum atomic E-state index is -0.286. The van der Waals surface area contributed by atoms with E-state index in [1.165, 1.54) is 44.1 Å². The van der Waals surface area contributed by atoms with Crippen LogP contribution in [0.1, 0.15) is 64.7 Å². The smallest absolute Gasteiger partial charge is 0.240 e. The van der Waals surface area contributed by atoms with Crippen LogP contribution in [0.25, 0.3) is 0 Å². The molecule has 0 unspecified atom stereocenters. The number of carbonyl (C=O) groups excluding carboxylic acids is 1. The van der Waals surface area contributed by atoms with E-state index < -0.39 is 0 Å². The first-order valence-corrected chi connectivity index (χ1v) is 9.55. The van der Waals surface area contributed by atoms with Gasteiger partial charge in [0.15, 0.2) is 0 Å². The Morgan fingerprint density at radius 2 is 1.91 bits per heavy atom. The molecule has 1 atom stereocenters. The van der Waals surface area contributed by atoms with Crippen LogP contribution in [0.5, 0.6) is 0 Å². The van der Waals surface area contributed by atoms with E-state index in [-0.39, 0.29) is 17.5 Å². The molecule has 0 aromatic rings. The molecule has 1 amide bonds. The molecule has 3 aliphatic rings. The molecule has 2 aliphatic carbocycles. The highest BCUT2D eigenvalue weighted by Crippen LogP contribution is 2.35. The molecule has 0 radical (unpaired) electrons. The van der Waals surface area contributed by atoms with Crippen LogP contribution in [0.15, 0.2) is 11.6 Å². The maximum Gasteiger partial charge on any atom is 0.240 e. The van der Waals surface area contributed by atoms with Crippen molar-refractivity contribution in [2.45, 2.75) is 76.3 Å². The standard InChI is InChI=1S/C19H32N2O2/c1-16(17-8-4-2-5-9-17)20-18(22)19(10-6-3-7-11-19)21-12-14-23-15-13-21/h8,16H,2-7,9-15H2,1H3,(H,20,22)/t16-/m0/s1. The number of nitrogens with zero attached hydrogens (tertiary/aromatic N) is 1. The number of nitrogens with one attached hydrogen (secondary N) is 1. The first-order valence-electron chi connectivity index (χ1n) is 9.55. The Labute approximate surface area is 140 Å². The second-order valence-electron chi connectivity index (χ2n) is 7.41. The van der Waals surface area contributed by atoms with Crippen LogP contribution in [0, 0.1) is 0 Å². The fourth-order valence-corrected chi connectivity index (χ4v) is 4.49. The van der Waals surface area contributed by atoms with Gasteiger partial charge in [-0.3, -0.25) is 9.69 Å². The summed E-state index contributed by atoms with van der Waals surface area (Å²) in [5.41, 5.74) is 1.14. The van der Waals surface area contributed by atoms with Gasteiger partial charge in [-0.1, -0.05) is 30.9 Å². The topological polar surface area (TPSA) is 41.6 Å². The van der Waals surface area contributed by atoms with Crippen molar-refractivity contribution in [3.05, 3.63) is 11.6 Å². The van der Waals surface area contributed by atoms with Crippen LogP contribution in [-0.4, -0.2) is 48.7 Å². The van der Waals surface area contributed by atoms with Crippen molar-refractivity contribution in [2.75, 3.05) is 26.3 Å². The highest BCUT2D eigenvalue weighted by Gasteiger charge is 2.45. The van der Waals surface area contributed by atoms with Crippen LogP contribution in [0.2, 0.25) is 0 Å². The van der Waals surface area contributed by atoms with Crippen molar-refractivity contribution in [1.82, 2.24) is 10.2 Å². The Balaban J connectivity index is 1.70. The molecule has 0 aromatic carbocycles. The number of morpholine rings is 1. The molecule has 1 N–H and O–H groups in total. The van der Waals surface area contributed by atoms with Gasteiger partial charge in [0.1, 0.15) is 5.54 Å². The fraction of sp³-hybridized carbons (Fsp3) is 0.842. The molecule has 2 fully saturated rings. The van der Waals surface area contributed by atoms with Gasteiger partial charge < -0.3 is 10.1 Å². The van der Waals surface area contributed by atoms with Crippen molar-refractivity contribution in [3.8, 4) is 0 Å². The second kappa shape index (κ2) is 7.80. The molecular formula is C19H32N2O2. The van der Waals surface area contributed by atoms with E-state index in [0.29, 0.717) is 0 Å². The Bertz CT molecular complexity index is 435. The third-order valence-electron chi connectivity index (χ3n) is 5.95. The van der Waals surface area contributed by atoms with Crippen molar-refractivity contribution < 1.29 is 9.53 Å². The summed E-state index contributed by atoms with van der Waals surface area (Å²) in [5, 5.41) is 3.37.